The van der Waals surface area contributed by atoms with Gasteiger partial charge in [0.1, 0.15) is 5.40 Å². The summed E-state index contributed by atoms with van der Waals surface area (Å²) >= 11 is 0.925. The highest BCUT2D eigenvalue weighted by atomic mass is 32.2. The summed E-state index contributed by atoms with van der Waals surface area (Å²) in [6.45, 7) is 3.37. The zero-order valence-corrected chi connectivity index (χ0v) is 10.6. The molecule has 0 saturated carbocycles. The quantitative estimate of drug-likeness (QED) is 0.815. The number of nitriles is 1. The molecule has 17 heavy (non-hydrogen) atoms. The number of aliphatic hydroxyl groups is 1. The first-order chi connectivity index (χ1) is 8.07. The molecular weight excluding hydrogens is 234 g/mol. The Hall–Kier alpha value is -1.31. The van der Waals surface area contributed by atoms with Gasteiger partial charge in [-0.2, -0.15) is 5.26 Å². The van der Waals surface area contributed by atoms with E-state index < -0.39 is 17.3 Å². The Bertz CT molecular complexity index is 413. The number of hydrogen-bond acceptors (Lipinski definition) is 4. The van der Waals surface area contributed by atoms with Crippen LogP contribution < -0.4 is 0 Å². The molecule has 0 amide bonds. The lowest BCUT2D eigenvalue weighted by Crippen LogP contribution is -2.26. The van der Waals surface area contributed by atoms with Crippen molar-refractivity contribution in [1.82, 2.24) is 0 Å². The molecule has 0 radical (unpaired) electrons. The van der Waals surface area contributed by atoms with Crippen molar-refractivity contribution >= 4 is 17.5 Å². The van der Waals surface area contributed by atoms with Crippen molar-refractivity contribution < 1.29 is 9.90 Å². The first kappa shape index (κ1) is 13.8. The van der Waals surface area contributed by atoms with Crippen LogP contribution in [0.15, 0.2) is 30.3 Å². The van der Waals surface area contributed by atoms with Crippen molar-refractivity contribution in [2.75, 3.05) is 0 Å². The molecule has 90 valence electrons. The topological polar surface area (TPSA) is 61.1 Å². The van der Waals surface area contributed by atoms with Gasteiger partial charge in [0.15, 0.2) is 5.78 Å². The van der Waals surface area contributed by atoms with Gasteiger partial charge in [-0.1, -0.05) is 37.3 Å². The highest BCUT2D eigenvalue weighted by molar-refractivity contribution is 8.04. The van der Waals surface area contributed by atoms with Crippen LogP contribution in [-0.2, 0) is 4.79 Å². The molecule has 0 aliphatic heterocycles. The number of thiocyanates is 1. The molecule has 3 nitrogen and oxygen atoms in total. The normalized spacial score (nSPS) is 15.6. The van der Waals surface area contributed by atoms with E-state index in [1.165, 1.54) is 0 Å². The van der Waals surface area contributed by atoms with Crippen LogP contribution in [0.25, 0.3) is 0 Å². The minimum absolute atomic E-state index is 0.104. The van der Waals surface area contributed by atoms with Gasteiger partial charge >= 0.3 is 0 Å². The van der Waals surface area contributed by atoms with E-state index in [9.17, 15) is 9.90 Å². The largest absolute Gasteiger partial charge is 0.388 e. The summed E-state index contributed by atoms with van der Waals surface area (Å²) in [5.74, 6) is -0.610. The Morgan fingerprint density at radius 1 is 1.35 bits per heavy atom. The molecule has 0 bridgehead atoms. The van der Waals surface area contributed by atoms with Gasteiger partial charge in [-0.25, -0.2) is 0 Å². The zero-order chi connectivity index (χ0) is 12.8. The van der Waals surface area contributed by atoms with E-state index in [2.05, 4.69) is 0 Å². The second-order valence-corrected chi connectivity index (χ2v) is 5.02. The summed E-state index contributed by atoms with van der Waals surface area (Å²) in [5.41, 5.74) is 0.725. The number of carbonyl (C=O) groups is 1. The molecule has 4 heteroatoms. The van der Waals surface area contributed by atoms with Crippen LogP contribution in [0.3, 0.4) is 0 Å². The van der Waals surface area contributed by atoms with E-state index in [0.29, 0.717) is 0 Å². The van der Waals surface area contributed by atoms with E-state index in [0.717, 1.165) is 17.3 Å². The van der Waals surface area contributed by atoms with Crippen molar-refractivity contribution in [3.05, 3.63) is 35.9 Å². The highest BCUT2D eigenvalue weighted by Gasteiger charge is 2.27. The van der Waals surface area contributed by atoms with Gasteiger partial charge in [0.25, 0.3) is 0 Å². The standard InChI is InChI=1S/C13H15NO2S/c1-9(12(15)10(2)17-8-14)13(16)11-6-4-3-5-7-11/h3-7,9-10,13,16H,1-2H3. The van der Waals surface area contributed by atoms with E-state index in [-0.39, 0.29) is 5.78 Å². The number of aliphatic hydroxyl groups excluding tert-OH is 1. The van der Waals surface area contributed by atoms with Crippen LogP contribution in [0, 0.1) is 16.6 Å². The molecular formula is C13H15NO2S. The monoisotopic (exact) mass is 249 g/mol. The van der Waals surface area contributed by atoms with Gasteiger partial charge in [0.2, 0.25) is 0 Å². The third-order valence-electron chi connectivity index (χ3n) is 2.69. The van der Waals surface area contributed by atoms with E-state index >= 15 is 0 Å². The fraction of sp³-hybridized carbons (Fsp3) is 0.385. The maximum absolute atomic E-state index is 11.9. The number of thioether (sulfide) groups is 1. The smallest absolute Gasteiger partial charge is 0.152 e. The summed E-state index contributed by atoms with van der Waals surface area (Å²) in [5, 5.41) is 20.1. The van der Waals surface area contributed by atoms with Crippen molar-refractivity contribution in [2.24, 2.45) is 5.92 Å². The molecule has 3 atom stereocenters. The fourth-order valence-corrected chi connectivity index (χ4v) is 2.09. The van der Waals surface area contributed by atoms with Crippen LogP contribution in [0.1, 0.15) is 25.5 Å². The Morgan fingerprint density at radius 3 is 2.47 bits per heavy atom. The minimum atomic E-state index is -0.814. The van der Waals surface area contributed by atoms with E-state index in [1.54, 1.807) is 26.0 Å². The van der Waals surface area contributed by atoms with Crippen LogP contribution in [0.5, 0.6) is 0 Å². The molecule has 3 unspecified atom stereocenters. The average Bonchev–Trinajstić information content (AvgIpc) is 2.37. The average molecular weight is 249 g/mol. The van der Waals surface area contributed by atoms with Crippen LogP contribution in [0.2, 0.25) is 0 Å². The number of ketones is 1. The molecule has 0 spiro atoms. The maximum atomic E-state index is 11.9. The van der Waals surface area contributed by atoms with Crippen LogP contribution >= 0.6 is 11.8 Å². The number of nitrogens with zero attached hydrogens (tertiary/aromatic N) is 1. The van der Waals surface area contributed by atoms with Gasteiger partial charge in [0, 0.05) is 5.92 Å². The lowest BCUT2D eigenvalue weighted by atomic mass is 9.92. The molecule has 1 aromatic rings. The number of Topliss-reactive ketones (excluding diaryl/α,β-unsaturated/α-hetero) is 1. The molecule has 1 rings (SSSR count). The van der Waals surface area contributed by atoms with Crippen molar-refractivity contribution in [2.45, 2.75) is 25.2 Å². The molecule has 0 fully saturated rings. The lowest BCUT2D eigenvalue weighted by molar-refractivity contribution is -0.124. The Morgan fingerprint density at radius 2 is 1.94 bits per heavy atom. The third kappa shape index (κ3) is 3.58. The second kappa shape index (κ2) is 6.43. The summed E-state index contributed by atoms with van der Waals surface area (Å²) in [6, 6.07) is 9.08. The molecule has 1 aromatic carbocycles. The van der Waals surface area contributed by atoms with Crippen molar-refractivity contribution in [3.63, 3.8) is 0 Å². The van der Waals surface area contributed by atoms with Crippen LogP contribution in [-0.4, -0.2) is 16.1 Å². The van der Waals surface area contributed by atoms with Crippen molar-refractivity contribution in [3.8, 4) is 5.40 Å². The Kier molecular flexibility index (Phi) is 5.20. The van der Waals surface area contributed by atoms with Gasteiger partial charge in [-0.05, 0) is 24.2 Å². The first-order valence-electron chi connectivity index (χ1n) is 5.39. The van der Waals surface area contributed by atoms with Crippen molar-refractivity contribution in [1.29, 1.82) is 5.26 Å². The summed E-state index contributed by atoms with van der Waals surface area (Å²) in [4.78, 5) is 11.9. The molecule has 0 heterocycles. The second-order valence-electron chi connectivity index (χ2n) is 3.90. The molecule has 0 aliphatic rings. The number of benzene rings is 1. The molecule has 0 aliphatic carbocycles. The lowest BCUT2D eigenvalue weighted by Gasteiger charge is -2.20. The van der Waals surface area contributed by atoms with Gasteiger partial charge in [-0.3, -0.25) is 4.79 Å². The summed E-state index contributed by atoms with van der Waals surface area (Å²) in [6.07, 6.45) is -0.814. The van der Waals surface area contributed by atoms with E-state index in [1.807, 2.05) is 23.6 Å². The SMILES string of the molecule is CC(SC#N)C(=O)C(C)C(O)c1ccccc1. The van der Waals surface area contributed by atoms with Gasteiger partial charge in [0.05, 0.1) is 11.4 Å². The Labute approximate surface area is 105 Å². The minimum Gasteiger partial charge on any atom is -0.388 e. The van der Waals surface area contributed by atoms with Gasteiger partial charge < -0.3 is 5.11 Å². The number of hydrogen-bond donors (Lipinski definition) is 1. The zero-order valence-electron chi connectivity index (χ0n) is 9.83. The van der Waals surface area contributed by atoms with Crippen LogP contribution in [0.4, 0.5) is 0 Å². The first-order valence-corrected chi connectivity index (χ1v) is 6.27. The third-order valence-corrected chi connectivity index (χ3v) is 3.38. The Balaban J connectivity index is 2.74. The molecule has 0 saturated heterocycles. The van der Waals surface area contributed by atoms with Gasteiger partial charge in [-0.15, -0.1) is 0 Å². The highest BCUT2D eigenvalue weighted by Crippen LogP contribution is 2.25. The molecule has 0 aromatic heterocycles. The molecule has 1 N–H and O–H groups in total. The van der Waals surface area contributed by atoms with E-state index in [4.69, 9.17) is 5.26 Å². The fourth-order valence-electron chi connectivity index (χ4n) is 1.60. The predicted molar refractivity (Wildman–Crippen MR) is 68.2 cm³/mol. The number of rotatable bonds is 5. The summed E-state index contributed by atoms with van der Waals surface area (Å²) < 4.78 is 0. The predicted octanol–water partition coefficient (Wildman–Crippen LogP) is 2.53. The summed E-state index contributed by atoms with van der Waals surface area (Å²) in [7, 11) is 0. The maximum Gasteiger partial charge on any atom is 0.152 e. The number of carbonyl (C=O) groups excluding carboxylic acids is 1.